The second-order valence-electron chi connectivity index (χ2n) is 10.6. The van der Waals surface area contributed by atoms with Crippen molar-refractivity contribution in [2.24, 2.45) is 0 Å². The average molecular weight is 565 g/mol. The maximum absolute atomic E-state index is 5.77. The molecule has 2 aromatic carbocycles. The van der Waals surface area contributed by atoms with Crippen molar-refractivity contribution in [3.8, 4) is 0 Å². The molecule has 0 bridgehead atoms. The van der Waals surface area contributed by atoms with E-state index in [0.29, 0.717) is 26.4 Å². The standard InChI is InChI=1S/C36H44N4O2/c1-37(2)35-13-9-31(10-14-35)5-7-33-17-21-39(22-18-33)25-27-41-29-30-42-28-26-40-23-19-34(20-24-40)8-6-32-11-15-36(16-12-32)38(3)4/h5-24H,25-30H2,1-4H3/q+2. The minimum atomic E-state index is 0.595. The summed E-state index contributed by atoms with van der Waals surface area (Å²) in [4.78, 5) is 4.21. The topological polar surface area (TPSA) is 32.7 Å². The number of rotatable bonds is 15. The van der Waals surface area contributed by atoms with Gasteiger partial charge in [-0.1, -0.05) is 48.6 Å². The van der Waals surface area contributed by atoms with Crippen LogP contribution in [0.25, 0.3) is 24.3 Å². The van der Waals surface area contributed by atoms with E-state index in [1.807, 2.05) is 0 Å². The van der Waals surface area contributed by atoms with Crippen molar-refractivity contribution in [2.75, 3.05) is 64.4 Å². The summed E-state index contributed by atoms with van der Waals surface area (Å²) < 4.78 is 15.8. The van der Waals surface area contributed by atoms with Crippen molar-refractivity contribution in [3.63, 3.8) is 0 Å². The average Bonchev–Trinajstić information content (AvgIpc) is 3.02. The minimum absolute atomic E-state index is 0.595. The van der Waals surface area contributed by atoms with Gasteiger partial charge in [-0.15, -0.1) is 0 Å². The second-order valence-corrected chi connectivity index (χ2v) is 10.6. The summed E-state index contributed by atoms with van der Waals surface area (Å²) in [5.74, 6) is 0. The lowest BCUT2D eigenvalue weighted by molar-refractivity contribution is -0.699. The third kappa shape index (κ3) is 10.3. The van der Waals surface area contributed by atoms with Gasteiger partial charge in [-0.05, 0) is 46.5 Å². The minimum Gasteiger partial charge on any atom is -0.378 e. The van der Waals surface area contributed by atoms with Crippen molar-refractivity contribution in [3.05, 3.63) is 120 Å². The smallest absolute Gasteiger partial charge is 0.171 e. The van der Waals surface area contributed by atoms with Gasteiger partial charge in [-0.25, -0.2) is 9.13 Å². The van der Waals surface area contributed by atoms with Crippen LogP contribution < -0.4 is 18.9 Å². The van der Waals surface area contributed by atoms with Gasteiger partial charge in [0.1, 0.15) is 13.2 Å². The Hall–Kier alpha value is -4.26. The van der Waals surface area contributed by atoms with Crippen molar-refractivity contribution in [1.82, 2.24) is 0 Å². The first-order valence-electron chi connectivity index (χ1n) is 14.5. The number of benzene rings is 2. The summed E-state index contributed by atoms with van der Waals surface area (Å²) in [6.07, 6.45) is 16.9. The molecule has 4 aromatic rings. The van der Waals surface area contributed by atoms with Crippen molar-refractivity contribution in [1.29, 1.82) is 0 Å². The lowest BCUT2D eigenvalue weighted by Crippen LogP contribution is -2.36. The third-order valence-electron chi connectivity index (χ3n) is 6.95. The van der Waals surface area contributed by atoms with Crippen molar-refractivity contribution < 1.29 is 18.6 Å². The highest BCUT2D eigenvalue weighted by atomic mass is 16.5. The molecule has 0 atom stereocenters. The molecule has 0 amide bonds. The molecule has 6 heteroatoms. The van der Waals surface area contributed by atoms with Crippen molar-refractivity contribution in [2.45, 2.75) is 13.1 Å². The fourth-order valence-corrected chi connectivity index (χ4v) is 4.27. The lowest BCUT2D eigenvalue weighted by Gasteiger charge is -2.11. The van der Waals surface area contributed by atoms with Gasteiger partial charge in [0.05, 0.1) is 13.2 Å². The molecular weight excluding hydrogens is 520 g/mol. The maximum atomic E-state index is 5.77. The van der Waals surface area contributed by atoms with Crippen LogP contribution in [0.2, 0.25) is 0 Å². The Bertz CT molecular complexity index is 1280. The van der Waals surface area contributed by atoms with E-state index in [-0.39, 0.29) is 0 Å². The Kier molecular flexibility index (Phi) is 11.9. The number of hydrogen-bond acceptors (Lipinski definition) is 4. The summed E-state index contributed by atoms with van der Waals surface area (Å²) in [6.45, 7) is 4.13. The van der Waals surface area contributed by atoms with E-state index in [1.165, 1.54) is 33.6 Å². The number of ether oxygens (including phenoxy) is 2. The second kappa shape index (κ2) is 16.2. The zero-order valence-corrected chi connectivity index (χ0v) is 25.4. The summed E-state index contributed by atoms with van der Waals surface area (Å²) in [7, 11) is 8.21. The highest BCUT2D eigenvalue weighted by Crippen LogP contribution is 2.15. The summed E-state index contributed by atoms with van der Waals surface area (Å²) in [5, 5.41) is 0. The van der Waals surface area contributed by atoms with E-state index in [0.717, 1.165) is 13.1 Å². The monoisotopic (exact) mass is 564 g/mol. The first kappa shape index (κ1) is 30.7. The molecule has 0 N–H and O–H groups in total. The van der Waals surface area contributed by atoms with Crippen LogP contribution in [0.1, 0.15) is 22.3 Å². The Morgan fingerprint density at radius 1 is 0.452 bits per heavy atom. The van der Waals surface area contributed by atoms with Gasteiger partial charge < -0.3 is 19.3 Å². The molecule has 6 nitrogen and oxygen atoms in total. The lowest BCUT2D eigenvalue weighted by atomic mass is 10.1. The van der Waals surface area contributed by atoms with Crippen LogP contribution in [-0.4, -0.2) is 54.6 Å². The molecule has 42 heavy (non-hydrogen) atoms. The van der Waals surface area contributed by atoms with Crippen LogP contribution in [0.5, 0.6) is 0 Å². The zero-order chi connectivity index (χ0) is 29.6. The summed E-state index contributed by atoms with van der Waals surface area (Å²) >= 11 is 0. The molecule has 0 saturated heterocycles. The third-order valence-corrected chi connectivity index (χ3v) is 6.95. The molecule has 0 saturated carbocycles. The highest BCUT2D eigenvalue weighted by molar-refractivity contribution is 5.71. The first-order chi connectivity index (χ1) is 20.5. The van der Waals surface area contributed by atoms with Crippen LogP contribution in [0.3, 0.4) is 0 Å². The van der Waals surface area contributed by atoms with E-state index < -0.39 is 0 Å². The molecule has 0 aliphatic heterocycles. The molecular formula is C36H44N4O2+2. The number of nitrogens with zero attached hydrogens (tertiary/aromatic N) is 4. The number of hydrogen-bond donors (Lipinski definition) is 0. The molecule has 2 heterocycles. The van der Waals surface area contributed by atoms with E-state index >= 15 is 0 Å². The predicted molar refractivity (Wildman–Crippen MR) is 174 cm³/mol. The van der Waals surface area contributed by atoms with Crippen LogP contribution in [-0.2, 0) is 22.6 Å². The molecule has 4 rings (SSSR count). The Morgan fingerprint density at radius 2 is 0.762 bits per heavy atom. The summed E-state index contributed by atoms with van der Waals surface area (Å²) in [6, 6.07) is 25.6. The number of anilines is 2. The maximum Gasteiger partial charge on any atom is 0.171 e. The summed E-state index contributed by atoms with van der Waals surface area (Å²) in [5.41, 5.74) is 7.13. The highest BCUT2D eigenvalue weighted by Gasteiger charge is 2.03. The molecule has 218 valence electrons. The van der Waals surface area contributed by atoms with Crippen LogP contribution >= 0.6 is 0 Å². The molecule has 2 aromatic heterocycles. The fraction of sp³-hybridized carbons (Fsp3) is 0.278. The van der Waals surface area contributed by atoms with Gasteiger partial charge in [0.2, 0.25) is 0 Å². The Labute approximate surface area is 251 Å². The molecule has 0 fully saturated rings. The van der Waals surface area contributed by atoms with E-state index in [2.05, 4.69) is 169 Å². The van der Waals surface area contributed by atoms with Gasteiger partial charge in [-0.3, -0.25) is 0 Å². The predicted octanol–water partition coefficient (Wildman–Crippen LogP) is 5.47. The number of pyridine rings is 2. The van der Waals surface area contributed by atoms with Gasteiger partial charge >= 0.3 is 0 Å². The molecule has 0 aliphatic carbocycles. The van der Waals surface area contributed by atoms with Gasteiger partial charge in [0.25, 0.3) is 0 Å². The fourth-order valence-electron chi connectivity index (χ4n) is 4.27. The number of aromatic nitrogens is 2. The molecule has 0 unspecified atom stereocenters. The van der Waals surface area contributed by atoms with Crippen molar-refractivity contribution >= 4 is 35.7 Å². The molecule has 0 radical (unpaired) electrons. The zero-order valence-electron chi connectivity index (χ0n) is 25.4. The largest absolute Gasteiger partial charge is 0.378 e. The quantitative estimate of drug-likeness (QED) is 0.142. The van der Waals surface area contributed by atoms with E-state index in [1.54, 1.807) is 0 Å². The normalized spacial score (nSPS) is 11.4. The molecule has 0 aliphatic rings. The van der Waals surface area contributed by atoms with Gasteiger partial charge in [-0.2, -0.15) is 0 Å². The first-order valence-corrected chi connectivity index (χ1v) is 14.5. The van der Waals surface area contributed by atoms with Crippen LogP contribution in [0.4, 0.5) is 11.4 Å². The van der Waals surface area contributed by atoms with Gasteiger partial charge in [0.15, 0.2) is 37.9 Å². The Balaban J connectivity index is 1.06. The van der Waals surface area contributed by atoms with Gasteiger partial charge in [0, 0.05) is 63.8 Å². The van der Waals surface area contributed by atoms with Crippen LogP contribution in [0.15, 0.2) is 97.6 Å². The van der Waals surface area contributed by atoms with E-state index in [4.69, 9.17) is 9.47 Å². The SMILES string of the molecule is CN(C)c1ccc(/C=C/c2cc[n+](CCOCCOCC[n+]3ccc(/C=C/c4ccc(N(C)C)cc4)cc3)cc2)cc1. The molecule has 0 spiro atoms. The van der Waals surface area contributed by atoms with E-state index in [9.17, 15) is 0 Å². The Morgan fingerprint density at radius 3 is 1.07 bits per heavy atom. The van der Waals surface area contributed by atoms with Crippen LogP contribution in [0, 0.1) is 0 Å².